The van der Waals surface area contributed by atoms with Crippen LogP contribution in [0.1, 0.15) is 32.3 Å². The Labute approximate surface area is 138 Å². The van der Waals surface area contributed by atoms with Gasteiger partial charge in [0.2, 0.25) is 11.8 Å². The first-order chi connectivity index (χ1) is 11.0. The minimum Gasteiger partial charge on any atom is -0.497 e. The molecule has 5 nitrogen and oxygen atoms in total. The maximum atomic E-state index is 12.3. The molecule has 2 amide bonds. The number of aryl methyl sites for hydroxylation is 1. The van der Waals surface area contributed by atoms with Gasteiger partial charge in [-0.2, -0.15) is 0 Å². The van der Waals surface area contributed by atoms with Crippen molar-refractivity contribution in [1.29, 1.82) is 0 Å². The predicted molar refractivity (Wildman–Crippen MR) is 89.3 cm³/mol. The molecule has 1 aliphatic rings. The first-order valence-corrected chi connectivity index (χ1v) is 8.24. The molecule has 5 heteroatoms. The van der Waals surface area contributed by atoms with E-state index in [0.29, 0.717) is 19.5 Å². The van der Waals surface area contributed by atoms with E-state index in [1.54, 1.807) is 12.0 Å². The zero-order chi connectivity index (χ0) is 16.8. The van der Waals surface area contributed by atoms with Crippen molar-refractivity contribution in [1.82, 2.24) is 10.2 Å². The molecule has 0 saturated carbocycles. The maximum Gasteiger partial charge on any atom is 0.225 e. The van der Waals surface area contributed by atoms with Gasteiger partial charge in [-0.25, -0.2) is 0 Å². The van der Waals surface area contributed by atoms with E-state index in [1.807, 2.05) is 38.1 Å². The van der Waals surface area contributed by atoms with Crippen molar-refractivity contribution in [2.75, 3.05) is 20.2 Å². The summed E-state index contributed by atoms with van der Waals surface area (Å²) in [5.74, 6) is 0.724. The molecule has 0 aliphatic carbocycles. The summed E-state index contributed by atoms with van der Waals surface area (Å²) in [5.41, 5.74) is 1.22. The molecule has 1 N–H and O–H groups in total. The van der Waals surface area contributed by atoms with Gasteiger partial charge in [-0.1, -0.05) is 12.1 Å². The largest absolute Gasteiger partial charge is 0.497 e. The molecule has 0 radical (unpaired) electrons. The van der Waals surface area contributed by atoms with Gasteiger partial charge in [0.1, 0.15) is 5.75 Å². The Kier molecular flexibility index (Phi) is 6.02. The van der Waals surface area contributed by atoms with Crippen LogP contribution in [0.2, 0.25) is 0 Å². The quantitative estimate of drug-likeness (QED) is 0.836. The number of nitrogens with one attached hydrogen (secondary N) is 1. The summed E-state index contributed by atoms with van der Waals surface area (Å²) < 4.78 is 5.14. The highest BCUT2D eigenvalue weighted by Crippen LogP contribution is 2.18. The lowest BCUT2D eigenvalue weighted by Gasteiger charge is -2.17. The summed E-state index contributed by atoms with van der Waals surface area (Å²) in [5, 5.41) is 3.04. The molecule has 1 aromatic rings. The molecule has 2 rings (SSSR count). The number of likely N-dealkylation sites (tertiary alicyclic amines) is 1. The molecule has 0 bridgehead atoms. The highest BCUT2D eigenvalue weighted by molar-refractivity contribution is 5.89. The topological polar surface area (TPSA) is 58.6 Å². The Bertz CT molecular complexity index is 542. The average Bonchev–Trinajstić information content (AvgIpc) is 2.94. The lowest BCUT2D eigenvalue weighted by molar-refractivity contribution is -0.129. The SMILES string of the molecule is CCN1C[C@@H](C(=O)N[C@@H](C)CCc2ccc(OC)cc2)CC1=O. The van der Waals surface area contributed by atoms with Gasteiger partial charge in [-0.3, -0.25) is 9.59 Å². The molecule has 1 fully saturated rings. The Morgan fingerprint density at radius 1 is 1.39 bits per heavy atom. The normalized spacial score (nSPS) is 18.8. The van der Waals surface area contributed by atoms with Gasteiger partial charge in [0.25, 0.3) is 0 Å². The second kappa shape index (κ2) is 7.99. The van der Waals surface area contributed by atoms with Crippen LogP contribution in [0.15, 0.2) is 24.3 Å². The monoisotopic (exact) mass is 318 g/mol. The Hall–Kier alpha value is -2.04. The lowest BCUT2D eigenvalue weighted by Crippen LogP contribution is -2.38. The number of methoxy groups -OCH3 is 1. The summed E-state index contributed by atoms with van der Waals surface area (Å²) in [6.07, 6.45) is 2.11. The number of carbonyl (C=O) groups excluding carboxylic acids is 2. The van der Waals surface area contributed by atoms with Crippen LogP contribution >= 0.6 is 0 Å². The fraction of sp³-hybridized carbons (Fsp3) is 0.556. The van der Waals surface area contributed by atoms with Crippen LogP contribution in [0.25, 0.3) is 0 Å². The Morgan fingerprint density at radius 3 is 2.65 bits per heavy atom. The van der Waals surface area contributed by atoms with Crippen molar-refractivity contribution in [2.24, 2.45) is 5.92 Å². The van der Waals surface area contributed by atoms with Crippen molar-refractivity contribution >= 4 is 11.8 Å². The van der Waals surface area contributed by atoms with Gasteiger partial charge in [-0.05, 0) is 44.4 Å². The van der Waals surface area contributed by atoms with E-state index in [1.165, 1.54) is 5.56 Å². The van der Waals surface area contributed by atoms with Gasteiger partial charge < -0.3 is 15.0 Å². The zero-order valence-electron chi connectivity index (χ0n) is 14.2. The second-order valence-corrected chi connectivity index (χ2v) is 6.13. The fourth-order valence-corrected chi connectivity index (χ4v) is 2.86. The molecule has 0 unspecified atom stereocenters. The number of benzene rings is 1. The number of ether oxygens (including phenoxy) is 1. The van der Waals surface area contributed by atoms with E-state index < -0.39 is 0 Å². The third-order valence-corrected chi connectivity index (χ3v) is 4.38. The van der Waals surface area contributed by atoms with E-state index in [9.17, 15) is 9.59 Å². The molecule has 0 spiro atoms. The first-order valence-electron chi connectivity index (χ1n) is 8.24. The number of rotatable bonds is 7. The van der Waals surface area contributed by atoms with Crippen molar-refractivity contribution in [3.8, 4) is 5.75 Å². The summed E-state index contributed by atoms with van der Waals surface area (Å²) in [6.45, 7) is 5.17. The Morgan fingerprint density at radius 2 is 2.09 bits per heavy atom. The van der Waals surface area contributed by atoms with Crippen molar-refractivity contribution in [2.45, 2.75) is 39.2 Å². The predicted octanol–water partition coefficient (Wildman–Crippen LogP) is 2.00. The lowest BCUT2D eigenvalue weighted by atomic mass is 10.0. The molecule has 1 heterocycles. The van der Waals surface area contributed by atoms with Gasteiger partial charge >= 0.3 is 0 Å². The number of hydrogen-bond donors (Lipinski definition) is 1. The summed E-state index contributed by atoms with van der Waals surface area (Å²) >= 11 is 0. The van der Waals surface area contributed by atoms with Crippen LogP contribution in [-0.4, -0.2) is 43.0 Å². The first kappa shape index (κ1) is 17.3. The fourth-order valence-electron chi connectivity index (χ4n) is 2.86. The molecule has 2 atom stereocenters. The van der Waals surface area contributed by atoms with Crippen molar-refractivity contribution < 1.29 is 14.3 Å². The Balaban J connectivity index is 1.76. The van der Waals surface area contributed by atoms with E-state index in [4.69, 9.17) is 4.74 Å². The van der Waals surface area contributed by atoms with Crippen molar-refractivity contribution in [3.05, 3.63) is 29.8 Å². The standard InChI is InChI=1S/C18H26N2O3/c1-4-20-12-15(11-17(20)21)18(22)19-13(2)5-6-14-7-9-16(23-3)10-8-14/h7-10,13,15H,4-6,11-12H2,1-3H3,(H,19,22)/t13-,15-/m0/s1. The highest BCUT2D eigenvalue weighted by Gasteiger charge is 2.33. The van der Waals surface area contributed by atoms with Gasteiger partial charge in [-0.15, -0.1) is 0 Å². The van der Waals surface area contributed by atoms with Crippen LogP contribution in [-0.2, 0) is 16.0 Å². The molecule has 1 aliphatic heterocycles. The maximum absolute atomic E-state index is 12.3. The molecule has 23 heavy (non-hydrogen) atoms. The summed E-state index contributed by atoms with van der Waals surface area (Å²) in [6, 6.07) is 8.07. The third kappa shape index (κ3) is 4.71. The molecule has 1 saturated heterocycles. The second-order valence-electron chi connectivity index (χ2n) is 6.13. The number of hydrogen-bond acceptors (Lipinski definition) is 3. The van der Waals surface area contributed by atoms with Gasteiger partial charge in [0.05, 0.1) is 13.0 Å². The van der Waals surface area contributed by atoms with Crippen LogP contribution in [0.4, 0.5) is 0 Å². The van der Waals surface area contributed by atoms with E-state index >= 15 is 0 Å². The van der Waals surface area contributed by atoms with Gasteiger partial charge in [0, 0.05) is 25.6 Å². The molecular weight excluding hydrogens is 292 g/mol. The van der Waals surface area contributed by atoms with E-state index in [2.05, 4.69) is 5.32 Å². The van der Waals surface area contributed by atoms with E-state index in [0.717, 1.165) is 18.6 Å². The number of amides is 2. The summed E-state index contributed by atoms with van der Waals surface area (Å²) in [7, 11) is 1.65. The molecule has 126 valence electrons. The number of nitrogens with zero attached hydrogens (tertiary/aromatic N) is 1. The average molecular weight is 318 g/mol. The molecule has 0 aromatic heterocycles. The minimum atomic E-state index is -0.203. The van der Waals surface area contributed by atoms with Crippen LogP contribution in [0.5, 0.6) is 5.75 Å². The third-order valence-electron chi connectivity index (χ3n) is 4.38. The van der Waals surface area contributed by atoms with E-state index in [-0.39, 0.29) is 23.8 Å². The van der Waals surface area contributed by atoms with Crippen molar-refractivity contribution in [3.63, 3.8) is 0 Å². The smallest absolute Gasteiger partial charge is 0.225 e. The van der Waals surface area contributed by atoms with Crippen LogP contribution in [0.3, 0.4) is 0 Å². The molecular formula is C18H26N2O3. The van der Waals surface area contributed by atoms with Crippen LogP contribution in [0, 0.1) is 5.92 Å². The highest BCUT2D eigenvalue weighted by atomic mass is 16.5. The van der Waals surface area contributed by atoms with Crippen LogP contribution < -0.4 is 10.1 Å². The summed E-state index contributed by atoms with van der Waals surface area (Å²) in [4.78, 5) is 25.7. The minimum absolute atomic E-state index is 0.00321. The number of carbonyl (C=O) groups is 2. The van der Waals surface area contributed by atoms with Gasteiger partial charge in [0.15, 0.2) is 0 Å². The molecule has 1 aromatic carbocycles. The zero-order valence-corrected chi connectivity index (χ0v) is 14.2.